The van der Waals surface area contributed by atoms with Crippen molar-refractivity contribution in [2.75, 3.05) is 27.7 Å². The van der Waals surface area contributed by atoms with Gasteiger partial charge in [-0.15, -0.1) is 0 Å². The molecule has 0 spiro atoms. The van der Waals surface area contributed by atoms with Crippen LogP contribution < -0.4 is 0 Å². The van der Waals surface area contributed by atoms with Gasteiger partial charge >= 0.3 is 0 Å². The fraction of sp³-hybridized carbons (Fsp3) is 1.00. The van der Waals surface area contributed by atoms with Crippen molar-refractivity contribution in [1.29, 1.82) is 0 Å². The molecule has 0 aromatic rings. The lowest BCUT2D eigenvalue weighted by Crippen LogP contribution is -2.29. The van der Waals surface area contributed by atoms with E-state index in [4.69, 9.17) is 4.74 Å². The van der Waals surface area contributed by atoms with E-state index in [-0.39, 0.29) is 0 Å². The van der Waals surface area contributed by atoms with Gasteiger partial charge in [-0.25, -0.2) is 0 Å². The zero-order valence-electron chi connectivity index (χ0n) is 13.1. The van der Waals surface area contributed by atoms with Crippen LogP contribution in [0.5, 0.6) is 0 Å². The average Bonchev–Trinajstić information content (AvgIpc) is 2.35. The van der Waals surface area contributed by atoms with Crippen molar-refractivity contribution in [3.05, 3.63) is 0 Å². The van der Waals surface area contributed by atoms with E-state index in [0.29, 0.717) is 6.10 Å². The Kier molecular flexibility index (Phi) is 7.25. The molecule has 1 rings (SSSR count). The molecule has 2 nitrogen and oxygen atoms in total. The highest BCUT2D eigenvalue weighted by Crippen LogP contribution is 2.36. The SMILES string of the molecule is CCC(CC(C)CN(C)C)C1CCCC(OC)C1. The number of hydrogen-bond acceptors (Lipinski definition) is 2. The quantitative estimate of drug-likeness (QED) is 0.686. The van der Waals surface area contributed by atoms with E-state index in [0.717, 1.165) is 17.8 Å². The Morgan fingerprint density at radius 1 is 1.28 bits per heavy atom. The maximum atomic E-state index is 5.58. The first-order valence-corrected chi connectivity index (χ1v) is 7.74. The van der Waals surface area contributed by atoms with Crippen molar-refractivity contribution in [3.8, 4) is 0 Å². The summed E-state index contributed by atoms with van der Waals surface area (Å²) in [5.74, 6) is 2.61. The fourth-order valence-electron chi connectivity index (χ4n) is 3.73. The first kappa shape index (κ1) is 16.0. The van der Waals surface area contributed by atoms with Gasteiger partial charge in [0, 0.05) is 13.7 Å². The largest absolute Gasteiger partial charge is 0.381 e. The Hall–Kier alpha value is -0.0800. The number of rotatable bonds is 7. The van der Waals surface area contributed by atoms with Crippen LogP contribution >= 0.6 is 0 Å². The monoisotopic (exact) mass is 255 g/mol. The molecule has 0 N–H and O–H groups in total. The molecule has 0 aromatic carbocycles. The summed E-state index contributed by atoms with van der Waals surface area (Å²) in [6, 6.07) is 0. The first-order valence-electron chi connectivity index (χ1n) is 7.74. The molecule has 2 heteroatoms. The minimum Gasteiger partial charge on any atom is -0.381 e. The summed E-state index contributed by atoms with van der Waals surface area (Å²) in [5.41, 5.74) is 0. The lowest BCUT2D eigenvalue weighted by atomic mass is 9.74. The second-order valence-electron chi connectivity index (χ2n) is 6.56. The zero-order valence-corrected chi connectivity index (χ0v) is 13.1. The Labute approximate surface area is 114 Å². The second-order valence-corrected chi connectivity index (χ2v) is 6.56. The van der Waals surface area contributed by atoms with Gasteiger partial charge in [-0.2, -0.15) is 0 Å². The third kappa shape index (κ3) is 5.27. The van der Waals surface area contributed by atoms with Crippen LogP contribution in [-0.2, 0) is 4.74 Å². The highest BCUT2D eigenvalue weighted by atomic mass is 16.5. The molecule has 0 aromatic heterocycles. The molecule has 1 saturated carbocycles. The standard InChI is InChI=1S/C16H33NO/c1-6-14(10-13(2)12-17(3)4)15-8-7-9-16(11-15)18-5/h13-16H,6-12H2,1-5H3. The summed E-state index contributed by atoms with van der Waals surface area (Å²) in [6.07, 6.45) is 8.60. The van der Waals surface area contributed by atoms with Gasteiger partial charge in [-0.3, -0.25) is 0 Å². The van der Waals surface area contributed by atoms with Crippen molar-refractivity contribution in [3.63, 3.8) is 0 Å². The van der Waals surface area contributed by atoms with Crippen LogP contribution in [0, 0.1) is 17.8 Å². The number of hydrogen-bond donors (Lipinski definition) is 0. The third-order valence-corrected chi connectivity index (χ3v) is 4.57. The normalized spacial score (nSPS) is 28.3. The molecule has 0 aliphatic heterocycles. The van der Waals surface area contributed by atoms with Crippen LogP contribution in [0.2, 0.25) is 0 Å². The molecule has 1 fully saturated rings. The Balaban J connectivity index is 2.44. The van der Waals surface area contributed by atoms with Crippen LogP contribution in [-0.4, -0.2) is 38.8 Å². The molecule has 0 heterocycles. The van der Waals surface area contributed by atoms with Crippen LogP contribution in [0.15, 0.2) is 0 Å². The van der Waals surface area contributed by atoms with Gasteiger partial charge in [0.25, 0.3) is 0 Å². The predicted octanol–water partition coefficient (Wildman–Crippen LogP) is 3.81. The maximum Gasteiger partial charge on any atom is 0.0574 e. The number of ether oxygens (including phenoxy) is 1. The molecule has 0 bridgehead atoms. The van der Waals surface area contributed by atoms with Crippen molar-refractivity contribution in [2.24, 2.45) is 17.8 Å². The molecule has 0 amide bonds. The molecule has 1 aliphatic carbocycles. The zero-order chi connectivity index (χ0) is 13.5. The van der Waals surface area contributed by atoms with E-state index in [1.807, 2.05) is 7.11 Å². The second kappa shape index (κ2) is 8.16. The Bertz CT molecular complexity index is 217. The Morgan fingerprint density at radius 2 is 2.00 bits per heavy atom. The van der Waals surface area contributed by atoms with E-state index in [2.05, 4.69) is 32.8 Å². The highest BCUT2D eigenvalue weighted by Gasteiger charge is 2.28. The highest BCUT2D eigenvalue weighted by molar-refractivity contribution is 4.79. The molecule has 0 saturated heterocycles. The average molecular weight is 255 g/mol. The van der Waals surface area contributed by atoms with E-state index >= 15 is 0 Å². The minimum absolute atomic E-state index is 0.530. The third-order valence-electron chi connectivity index (χ3n) is 4.57. The van der Waals surface area contributed by atoms with Crippen molar-refractivity contribution in [2.45, 2.75) is 58.5 Å². The molecule has 108 valence electrons. The lowest BCUT2D eigenvalue weighted by molar-refractivity contribution is 0.0324. The lowest BCUT2D eigenvalue weighted by Gasteiger charge is -2.35. The molecule has 0 radical (unpaired) electrons. The molecule has 1 aliphatic rings. The van der Waals surface area contributed by atoms with Crippen molar-refractivity contribution < 1.29 is 4.74 Å². The predicted molar refractivity (Wildman–Crippen MR) is 78.9 cm³/mol. The summed E-state index contributed by atoms with van der Waals surface area (Å²) in [6.45, 7) is 5.99. The van der Waals surface area contributed by atoms with Crippen LogP contribution in [0.3, 0.4) is 0 Å². The molecular weight excluding hydrogens is 222 g/mol. The minimum atomic E-state index is 0.530. The summed E-state index contributed by atoms with van der Waals surface area (Å²) < 4.78 is 5.58. The molecule has 4 atom stereocenters. The Morgan fingerprint density at radius 3 is 2.56 bits per heavy atom. The summed E-state index contributed by atoms with van der Waals surface area (Å²) in [5, 5.41) is 0. The van der Waals surface area contributed by atoms with E-state index in [1.165, 1.54) is 45.1 Å². The van der Waals surface area contributed by atoms with Crippen molar-refractivity contribution in [1.82, 2.24) is 4.90 Å². The van der Waals surface area contributed by atoms with Gasteiger partial charge in [0.1, 0.15) is 0 Å². The molecular formula is C16H33NO. The van der Waals surface area contributed by atoms with Crippen LogP contribution in [0.25, 0.3) is 0 Å². The van der Waals surface area contributed by atoms with Gasteiger partial charge in [0.2, 0.25) is 0 Å². The van der Waals surface area contributed by atoms with Crippen molar-refractivity contribution >= 4 is 0 Å². The number of methoxy groups -OCH3 is 1. The smallest absolute Gasteiger partial charge is 0.0574 e. The molecule has 18 heavy (non-hydrogen) atoms. The van der Waals surface area contributed by atoms with Gasteiger partial charge < -0.3 is 9.64 Å². The summed E-state index contributed by atoms with van der Waals surface area (Å²) in [7, 11) is 6.24. The number of nitrogens with zero attached hydrogens (tertiary/aromatic N) is 1. The summed E-state index contributed by atoms with van der Waals surface area (Å²) >= 11 is 0. The maximum absolute atomic E-state index is 5.58. The van der Waals surface area contributed by atoms with E-state index in [1.54, 1.807) is 0 Å². The first-order chi connectivity index (χ1) is 8.56. The van der Waals surface area contributed by atoms with Gasteiger partial charge in [-0.1, -0.05) is 26.7 Å². The summed E-state index contributed by atoms with van der Waals surface area (Å²) in [4.78, 5) is 2.32. The molecule has 4 unspecified atom stereocenters. The van der Waals surface area contributed by atoms with E-state index in [9.17, 15) is 0 Å². The van der Waals surface area contributed by atoms with Crippen LogP contribution in [0.4, 0.5) is 0 Å². The topological polar surface area (TPSA) is 12.5 Å². The van der Waals surface area contributed by atoms with Crippen LogP contribution in [0.1, 0.15) is 52.4 Å². The van der Waals surface area contributed by atoms with Gasteiger partial charge in [0.05, 0.1) is 6.10 Å². The van der Waals surface area contributed by atoms with Gasteiger partial charge in [0.15, 0.2) is 0 Å². The van der Waals surface area contributed by atoms with E-state index < -0.39 is 0 Å². The van der Waals surface area contributed by atoms with Gasteiger partial charge in [-0.05, 0) is 57.5 Å². The fourth-order valence-corrected chi connectivity index (χ4v) is 3.73.